The highest BCUT2D eigenvalue weighted by Gasteiger charge is 2.27. The number of halogens is 1. The first-order valence-electron chi connectivity index (χ1n) is 6.96. The lowest BCUT2D eigenvalue weighted by Gasteiger charge is -2.26. The molecule has 114 valence electrons. The van der Waals surface area contributed by atoms with Gasteiger partial charge in [0.1, 0.15) is 5.78 Å². The highest BCUT2D eigenvalue weighted by Crippen LogP contribution is 2.30. The van der Waals surface area contributed by atoms with Crippen LogP contribution >= 0.6 is 11.6 Å². The van der Waals surface area contributed by atoms with E-state index in [2.05, 4.69) is 4.40 Å². The maximum atomic E-state index is 12.1. The van der Waals surface area contributed by atoms with Gasteiger partial charge in [-0.15, -0.1) is 0 Å². The topological polar surface area (TPSA) is 63.6 Å². The van der Waals surface area contributed by atoms with Gasteiger partial charge in [-0.05, 0) is 44.0 Å². The molecule has 0 saturated heterocycles. The van der Waals surface area contributed by atoms with Crippen LogP contribution in [0.15, 0.2) is 33.6 Å². The van der Waals surface area contributed by atoms with Crippen molar-refractivity contribution in [2.75, 3.05) is 0 Å². The summed E-state index contributed by atoms with van der Waals surface area (Å²) < 4.78 is 28.0. The first-order valence-corrected chi connectivity index (χ1v) is 8.78. The van der Waals surface area contributed by atoms with Crippen molar-refractivity contribution in [2.45, 2.75) is 37.5 Å². The molecule has 0 radical (unpaired) electrons. The SMILES string of the molecule is CC(=O)[C@@H]1CCCCC1C=NS(=O)(=O)c1ccc(Cl)cc1. The molecule has 0 aromatic heterocycles. The Morgan fingerprint density at radius 1 is 1.24 bits per heavy atom. The molecular weight excluding hydrogens is 310 g/mol. The van der Waals surface area contributed by atoms with Gasteiger partial charge in [0.25, 0.3) is 10.0 Å². The van der Waals surface area contributed by atoms with E-state index in [0.29, 0.717) is 5.02 Å². The van der Waals surface area contributed by atoms with E-state index < -0.39 is 10.0 Å². The number of benzene rings is 1. The third kappa shape index (κ3) is 4.14. The Kier molecular flexibility index (Phi) is 5.17. The fraction of sp³-hybridized carbons (Fsp3) is 0.467. The van der Waals surface area contributed by atoms with Crippen LogP contribution in [0.25, 0.3) is 0 Å². The highest BCUT2D eigenvalue weighted by molar-refractivity contribution is 7.90. The van der Waals surface area contributed by atoms with Gasteiger partial charge in [-0.25, -0.2) is 0 Å². The predicted molar refractivity (Wildman–Crippen MR) is 83.3 cm³/mol. The van der Waals surface area contributed by atoms with E-state index in [-0.39, 0.29) is 22.5 Å². The normalized spacial score (nSPS) is 23.3. The van der Waals surface area contributed by atoms with Crippen LogP contribution in [0.1, 0.15) is 32.6 Å². The fourth-order valence-corrected chi connectivity index (χ4v) is 3.71. The van der Waals surface area contributed by atoms with Gasteiger partial charge >= 0.3 is 0 Å². The maximum absolute atomic E-state index is 12.1. The molecule has 0 heterocycles. The Balaban J connectivity index is 2.18. The first-order chi connectivity index (χ1) is 9.90. The zero-order chi connectivity index (χ0) is 15.5. The number of hydrogen-bond acceptors (Lipinski definition) is 3. The predicted octanol–water partition coefficient (Wildman–Crippen LogP) is 3.49. The number of sulfonamides is 1. The molecule has 21 heavy (non-hydrogen) atoms. The number of carbonyl (C=O) groups is 1. The van der Waals surface area contributed by atoms with E-state index in [1.54, 1.807) is 6.92 Å². The summed E-state index contributed by atoms with van der Waals surface area (Å²) in [6, 6.07) is 5.89. The molecule has 0 spiro atoms. The number of ketones is 1. The van der Waals surface area contributed by atoms with Gasteiger partial charge in [0, 0.05) is 23.1 Å². The number of Topliss-reactive ketones (excluding diaryl/α,β-unsaturated/α-hetero) is 1. The third-order valence-electron chi connectivity index (χ3n) is 3.84. The van der Waals surface area contributed by atoms with Crippen LogP contribution in [0.4, 0.5) is 0 Å². The van der Waals surface area contributed by atoms with Gasteiger partial charge in [0.2, 0.25) is 0 Å². The molecule has 1 unspecified atom stereocenters. The Bertz CT molecular complexity index is 637. The van der Waals surface area contributed by atoms with Crippen LogP contribution in [-0.2, 0) is 14.8 Å². The second kappa shape index (κ2) is 6.71. The van der Waals surface area contributed by atoms with Crippen molar-refractivity contribution in [3.8, 4) is 0 Å². The van der Waals surface area contributed by atoms with Crippen LogP contribution in [-0.4, -0.2) is 20.4 Å². The van der Waals surface area contributed by atoms with E-state index >= 15 is 0 Å². The molecule has 0 bridgehead atoms. The van der Waals surface area contributed by atoms with E-state index in [4.69, 9.17) is 11.6 Å². The van der Waals surface area contributed by atoms with Crippen molar-refractivity contribution < 1.29 is 13.2 Å². The standard InChI is InChI=1S/C15H18ClNO3S/c1-11(18)15-5-3-2-4-12(15)10-17-21(19,20)14-8-6-13(16)7-9-14/h6-10,12,15H,2-5H2,1H3/t12?,15-/m0/s1. The smallest absolute Gasteiger partial charge is 0.281 e. The summed E-state index contributed by atoms with van der Waals surface area (Å²) in [5, 5.41) is 0.474. The van der Waals surface area contributed by atoms with Crippen molar-refractivity contribution in [1.29, 1.82) is 0 Å². The summed E-state index contributed by atoms with van der Waals surface area (Å²) in [6.07, 6.45) is 5.08. The molecule has 0 aliphatic heterocycles. The van der Waals surface area contributed by atoms with E-state index in [0.717, 1.165) is 25.7 Å². The molecule has 1 saturated carbocycles. The van der Waals surface area contributed by atoms with Crippen molar-refractivity contribution >= 4 is 33.6 Å². The molecule has 0 N–H and O–H groups in total. The van der Waals surface area contributed by atoms with Crippen LogP contribution < -0.4 is 0 Å². The fourth-order valence-electron chi connectivity index (χ4n) is 2.67. The summed E-state index contributed by atoms with van der Waals surface area (Å²) in [4.78, 5) is 11.7. The first kappa shape index (κ1) is 16.2. The van der Waals surface area contributed by atoms with E-state index in [1.807, 2.05) is 0 Å². The van der Waals surface area contributed by atoms with Gasteiger partial charge in [-0.2, -0.15) is 12.8 Å². The minimum atomic E-state index is -3.73. The van der Waals surface area contributed by atoms with Crippen LogP contribution in [0.2, 0.25) is 5.02 Å². The van der Waals surface area contributed by atoms with Gasteiger partial charge in [-0.1, -0.05) is 24.4 Å². The summed E-state index contributed by atoms with van der Waals surface area (Å²) in [7, 11) is -3.73. The number of carbonyl (C=O) groups excluding carboxylic acids is 1. The summed E-state index contributed by atoms with van der Waals surface area (Å²) in [6.45, 7) is 1.56. The zero-order valence-electron chi connectivity index (χ0n) is 11.8. The second-order valence-corrected chi connectivity index (χ2v) is 7.42. The summed E-state index contributed by atoms with van der Waals surface area (Å²) in [5.74, 6) is -0.0868. The lowest BCUT2D eigenvalue weighted by molar-refractivity contribution is -0.122. The molecular formula is C15H18ClNO3S. The van der Waals surface area contributed by atoms with Gasteiger partial charge in [-0.3, -0.25) is 4.79 Å². The van der Waals surface area contributed by atoms with Gasteiger partial charge in [0.15, 0.2) is 0 Å². The Hall–Kier alpha value is -1.20. The average Bonchev–Trinajstić information content (AvgIpc) is 2.46. The molecule has 1 aromatic carbocycles. The van der Waals surface area contributed by atoms with Crippen LogP contribution in [0.5, 0.6) is 0 Å². The minimum absolute atomic E-state index is 0.0849. The quantitative estimate of drug-likeness (QED) is 0.795. The van der Waals surface area contributed by atoms with E-state index in [9.17, 15) is 13.2 Å². The number of nitrogens with zero attached hydrogens (tertiary/aromatic N) is 1. The monoisotopic (exact) mass is 327 g/mol. The van der Waals surface area contributed by atoms with Crippen LogP contribution in [0.3, 0.4) is 0 Å². The molecule has 1 fully saturated rings. The minimum Gasteiger partial charge on any atom is -0.300 e. The average molecular weight is 328 g/mol. The lowest BCUT2D eigenvalue weighted by Crippen LogP contribution is -2.26. The molecule has 6 heteroatoms. The molecule has 4 nitrogen and oxygen atoms in total. The molecule has 1 aliphatic carbocycles. The molecule has 0 amide bonds. The maximum Gasteiger partial charge on any atom is 0.281 e. The van der Waals surface area contributed by atoms with Gasteiger partial charge < -0.3 is 0 Å². The Morgan fingerprint density at radius 3 is 2.48 bits per heavy atom. The lowest BCUT2D eigenvalue weighted by atomic mass is 9.78. The zero-order valence-corrected chi connectivity index (χ0v) is 13.4. The number of rotatable bonds is 4. The molecule has 2 rings (SSSR count). The van der Waals surface area contributed by atoms with Crippen molar-refractivity contribution in [3.05, 3.63) is 29.3 Å². The number of hydrogen-bond donors (Lipinski definition) is 0. The Labute approximate surface area is 130 Å². The largest absolute Gasteiger partial charge is 0.300 e. The second-order valence-electron chi connectivity index (χ2n) is 5.35. The van der Waals surface area contributed by atoms with Gasteiger partial charge in [0.05, 0.1) is 4.90 Å². The third-order valence-corrected chi connectivity index (χ3v) is 5.36. The summed E-state index contributed by atoms with van der Waals surface area (Å²) in [5.41, 5.74) is 0. The van der Waals surface area contributed by atoms with Crippen molar-refractivity contribution in [3.63, 3.8) is 0 Å². The van der Waals surface area contributed by atoms with Crippen molar-refractivity contribution in [1.82, 2.24) is 0 Å². The molecule has 2 atom stereocenters. The molecule has 1 aromatic rings. The van der Waals surface area contributed by atoms with Crippen molar-refractivity contribution in [2.24, 2.45) is 16.2 Å². The molecule has 1 aliphatic rings. The Morgan fingerprint density at radius 2 is 1.86 bits per heavy atom. The van der Waals surface area contributed by atoms with E-state index in [1.165, 1.54) is 30.5 Å². The highest BCUT2D eigenvalue weighted by atomic mass is 35.5. The summed E-state index contributed by atoms with van der Waals surface area (Å²) >= 11 is 5.74. The van der Waals surface area contributed by atoms with Crippen LogP contribution in [0, 0.1) is 11.8 Å².